The highest BCUT2D eigenvalue weighted by Crippen LogP contribution is 2.30. The lowest BCUT2D eigenvalue weighted by Crippen LogP contribution is -1.74. The standard InChI is InChI=1S/C9H7NOS2/c1-6-4-8(13-10-6)7-2-3-12-9(7)5-11/h2-5H,1H3. The molecule has 0 saturated heterocycles. The van der Waals surface area contributed by atoms with Gasteiger partial charge in [-0.05, 0) is 36.0 Å². The number of nitrogens with zero attached hydrogens (tertiary/aromatic N) is 1. The van der Waals surface area contributed by atoms with Crippen LogP contribution < -0.4 is 0 Å². The normalized spacial score (nSPS) is 10.2. The number of aryl methyl sites for hydroxylation is 1. The number of hydrogen-bond donors (Lipinski definition) is 0. The van der Waals surface area contributed by atoms with E-state index in [2.05, 4.69) is 4.37 Å². The monoisotopic (exact) mass is 209 g/mol. The lowest BCUT2D eigenvalue weighted by atomic mass is 10.2. The zero-order valence-electron chi connectivity index (χ0n) is 6.98. The van der Waals surface area contributed by atoms with Crippen molar-refractivity contribution in [2.75, 3.05) is 0 Å². The molecule has 4 heteroatoms. The lowest BCUT2D eigenvalue weighted by Gasteiger charge is -1.90. The van der Waals surface area contributed by atoms with Gasteiger partial charge in [0.1, 0.15) is 0 Å². The number of carbonyl (C=O) groups is 1. The molecule has 0 spiro atoms. The van der Waals surface area contributed by atoms with Gasteiger partial charge in [0.2, 0.25) is 0 Å². The van der Waals surface area contributed by atoms with Gasteiger partial charge in [0.15, 0.2) is 6.29 Å². The highest BCUT2D eigenvalue weighted by atomic mass is 32.1. The van der Waals surface area contributed by atoms with Crippen molar-refractivity contribution < 1.29 is 4.79 Å². The summed E-state index contributed by atoms with van der Waals surface area (Å²) >= 11 is 2.90. The molecular formula is C9H7NOS2. The Balaban J connectivity index is 2.51. The average Bonchev–Trinajstić information content (AvgIpc) is 2.71. The molecule has 0 amide bonds. The first kappa shape index (κ1) is 8.59. The summed E-state index contributed by atoms with van der Waals surface area (Å²) in [5.74, 6) is 0. The second kappa shape index (κ2) is 3.40. The molecule has 0 bridgehead atoms. The Hall–Kier alpha value is -1.00. The molecule has 0 aliphatic carbocycles. The van der Waals surface area contributed by atoms with Gasteiger partial charge < -0.3 is 0 Å². The van der Waals surface area contributed by atoms with Crippen LogP contribution in [-0.4, -0.2) is 10.7 Å². The molecule has 2 heterocycles. The fourth-order valence-corrected chi connectivity index (χ4v) is 2.68. The van der Waals surface area contributed by atoms with Crippen LogP contribution >= 0.6 is 22.9 Å². The lowest BCUT2D eigenvalue weighted by molar-refractivity contribution is 0.112. The van der Waals surface area contributed by atoms with E-state index in [0.29, 0.717) is 0 Å². The number of rotatable bonds is 2. The molecule has 2 aromatic heterocycles. The van der Waals surface area contributed by atoms with Crippen molar-refractivity contribution in [3.8, 4) is 10.4 Å². The van der Waals surface area contributed by atoms with E-state index in [1.165, 1.54) is 22.9 Å². The molecule has 0 fully saturated rings. The van der Waals surface area contributed by atoms with Crippen molar-refractivity contribution in [2.45, 2.75) is 6.92 Å². The molecule has 0 atom stereocenters. The minimum absolute atomic E-state index is 0.781. The number of carbonyl (C=O) groups excluding carboxylic acids is 1. The SMILES string of the molecule is Cc1cc(-c2ccsc2C=O)sn1. The van der Waals surface area contributed by atoms with Crippen molar-refractivity contribution in [1.29, 1.82) is 0 Å². The Kier molecular flexibility index (Phi) is 2.24. The Morgan fingerprint density at radius 1 is 1.54 bits per heavy atom. The highest BCUT2D eigenvalue weighted by molar-refractivity contribution is 7.13. The maximum absolute atomic E-state index is 10.7. The Morgan fingerprint density at radius 3 is 3.00 bits per heavy atom. The first-order valence-corrected chi connectivity index (χ1v) is 5.43. The number of thiophene rings is 1. The minimum Gasteiger partial charge on any atom is -0.297 e. The van der Waals surface area contributed by atoms with Gasteiger partial charge in [-0.3, -0.25) is 4.79 Å². The van der Waals surface area contributed by atoms with Gasteiger partial charge in [0.05, 0.1) is 15.4 Å². The summed E-state index contributed by atoms with van der Waals surface area (Å²) in [5, 5.41) is 1.92. The van der Waals surface area contributed by atoms with E-state index in [0.717, 1.165) is 27.3 Å². The fraction of sp³-hybridized carbons (Fsp3) is 0.111. The van der Waals surface area contributed by atoms with Crippen LogP contribution in [0, 0.1) is 6.92 Å². The summed E-state index contributed by atoms with van der Waals surface area (Å²) in [5.41, 5.74) is 2.01. The van der Waals surface area contributed by atoms with Crippen LogP contribution in [0.15, 0.2) is 17.5 Å². The van der Waals surface area contributed by atoms with Crippen molar-refractivity contribution >= 4 is 29.2 Å². The summed E-state index contributed by atoms with van der Waals surface area (Å²) in [7, 11) is 0. The van der Waals surface area contributed by atoms with Crippen molar-refractivity contribution in [3.63, 3.8) is 0 Å². The van der Waals surface area contributed by atoms with Gasteiger partial charge >= 0.3 is 0 Å². The third kappa shape index (κ3) is 1.55. The predicted octanol–water partition coefficient (Wildman–Crippen LogP) is 2.99. The highest BCUT2D eigenvalue weighted by Gasteiger charge is 2.07. The maximum Gasteiger partial charge on any atom is 0.160 e. The summed E-state index contributed by atoms with van der Waals surface area (Å²) in [4.78, 5) is 12.5. The Bertz CT molecular complexity index is 430. The molecule has 66 valence electrons. The van der Waals surface area contributed by atoms with Crippen LogP contribution in [0.2, 0.25) is 0 Å². The van der Waals surface area contributed by atoms with Crippen molar-refractivity contribution in [1.82, 2.24) is 4.37 Å². The summed E-state index contributed by atoms with van der Waals surface area (Å²) in [6.45, 7) is 1.95. The average molecular weight is 209 g/mol. The van der Waals surface area contributed by atoms with Crippen LogP contribution in [0.25, 0.3) is 10.4 Å². The van der Waals surface area contributed by atoms with E-state index >= 15 is 0 Å². The van der Waals surface area contributed by atoms with Gasteiger partial charge in [0, 0.05) is 5.56 Å². The first-order chi connectivity index (χ1) is 6.31. The number of aromatic nitrogens is 1. The molecule has 0 saturated carbocycles. The molecule has 2 nitrogen and oxygen atoms in total. The predicted molar refractivity (Wildman–Crippen MR) is 55.6 cm³/mol. The second-order valence-electron chi connectivity index (χ2n) is 2.65. The molecule has 0 radical (unpaired) electrons. The van der Waals surface area contributed by atoms with E-state index in [9.17, 15) is 4.79 Å². The van der Waals surface area contributed by atoms with E-state index in [1.807, 2.05) is 24.4 Å². The third-order valence-corrected chi connectivity index (χ3v) is 3.45. The van der Waals surface area contributed by atoms with E-state index < -0.39 is 0 Å². The molecule has 0 aliphatic rings. The first-order valence-electron chi connectivity index (χ1n) is 3.77. The van der Waals surface area contributed by atoms with E-state index in [1.54, 1.807) is 0 Å². The molecule has 0 N–H and O–H groups in total. The van der Waals surface area contributed by atoms with Crippen molar-refractivity contribution in [2.24, 2.45) is 0 Å². The molecule has 0 aromatic carbocycles. The summed E-state index contributed by atoms with van der Waals surface area (Å²) < 4.78 is 4.18. The molecule has 0 aliphatic heterocycles. The molecular weight excluding hydrogens is 202 g/mol. The minimum atomic E-state index is 0.781. The Morgan fingerprint density at radius 2 is 2.38 bits per heavy atom. The van der Waals surface area contributed by atoms with E-state index in [4.69, 9.17) is 0 Å². The van der Waals surface area contributed by atoms with Crippen molar-refractivity contribution in [3.05, 3.63) is 28.1 Å². The zero-order chi connectivity index (χ0) is 9.26. The van der Waals surface area contributed by atoms with Crippen LogP contribution in [0.3, 0.4) is 0 Å². The summed E-state index contributed by atoms with van der Waals surface area (Å²) in [6, 6.07) is 3.96. The van der Waals surface area contributed by atoms with Gasteiger partial charge in [-0.2, -0.15) is 4.37 Å². The smallest absolute Gasteiger partial charge is 0.160 e. The van der Waals surface area contributed by atoms with Gasteiger partial charge in [-0.1, -0.05) is 0 Å². The number of hydrogen-bond acceptors (Lipinski definition) is 4. The van der Waals surface area contributed by atoms with Crippen LogP contribution in [0.5, 0.6) is 0 Å². The molecule has 2 rings (SSSR count). The van der Waals surface area contributed by atoms with E-state index in [-0.39, 0.29) is 0 Å². The number of aldehydes is 1. The van der Waals surface area contributed by atoms with Crippen LogP contribution in [0.4, 0.5) is 0 Å². The molecule has 13 heavy (non-hydrogen) atoms. The van der Waals surface area contributed by atoms with Gasteiger partial charge in [-0.25, -0.2) is 0 Å². The quantitative estimate of drug-likeness (QED) is 0.712. The maximum atomic E-state index is 10.7. The molecule has 2 aromatic rings. The third-order valence-electron chi connectivity index (χ3n) is 1.70. The van der Waals surface area contributed by atoms with Gasteiger partial charge in [-0.15, -0.1) is 11.3 Å². The van der Waals surface area contributed by atoms with Crippen LogP contribution in [0.1, 0.15) is 15.4 Å². The summed E-state index contributed by atoms with van der Waals surface area (Å²) in [6.07, 6.45) is 0.898. The van der Waals surface area contributed by atoms with Gasteiger partial charge in [0.25, 0.3) is 0 Å². The molecule has 0 unspecified atom stereocenters. The Labute approximate surface area is 84.0 Å². The fourth-order valence-electron chi connectivity index (χ4n) is 1.11. The largest absolute Gasteiger partial charge is 0.297 e. The second-order valence-corrected chi connectivity index (χ2v) is 4.40. The zero-order valence-corrected chi connectivity index (χ0v) is 8.61. The van der Waals surface area contributed by atoms with Crippen LogP contribution in [-0.2, 0) is 0 Å². The topological polar surface area (TPSA) is 30.0 Å².